The van der Waals surface area contributed by atoms with Gasteiger partial charge in [0.1, 0.15) is 11.6 Å². The van der Waals surface area contributed by atoms with Crippen LogP contribution < -0.4 is 5.32 Å². The van der Waals surface area contributed by atoms with E-state index in [1.807, 2.05) is 20.8 Å². The van der Waals surface area contributed by atoms with E-state index >= 15 is 0 Å². The third-order valence-corrected chi connectivity index (χ3v) is 3.87. The predicted octanol–water partition coefficient (Wildman–Crippen LogP) is 4.52. The fourth-order valence-corrected chi connectivity index (χ4v) is 2.92. The van der Waals surface area contributed by atoms with Gasteiger partial charge in [0, 0.05) is 10.9 Å². The van der Waals surface area contributed by atoms with Crippen LogP contribution in [0.25, 0.3) is 0 Å². The van der Waals surface area contributed by atoms with Gasteiger partial charge in [0.05, 0.1) is 22.4 Å². The number of aromatic nitrogens is 1. The first kappa shape index (κ1) is 13.9. The number of aryl methyl sites for hydroxylation is 3. The third kappa shape index (κ3) is 2.92. The van der Waals surface area contributed by atoms with Crippen LogP contribution in [0, 0.1) is 32.4 Å². The molecule has 0 saturated carbocycles. The molecule has 0 aliphatic heterocycles. The molecule has 0 saturated heterocycles. The molecule has 0 fully saturated rings. The van der Waals surface area contributed by atoms with Crippen molar-refractivity contribution in [1.29, 1.82) is 0 Å². The Kier molecular flexibility index (Phi) is 3.85. The molecule has 5 heteroatoms. The van der Waals surface area contributed by atoms with Crippen LogP contribution in [-0.4, -0.2) is 4.98 Å². The number of nitrogens with one attached hydrogen (secondary N) is 1. The molecule has 1 atom stereocenters. The molecule has 0 aliphatic rings. The molecule has 0 aliphatic carbocycles. The van der Waals surface area contributed by atoms with E-state index in [1.54, 1.807) is 18.3 Å². The van der Waals surface area contributed by atoms with Gasteiger partial charge in [-0.3, -0.25) is 0 Å². The normalized spacial score (nSPS) is 12.5. The lowest BCUT2D eigenvalue weighted by Gasteiger charge is -2.15. The van der Waals surface area contributed by atoms with Crippen molar-refractivity contribution in [3.63, 3.8) is 0 Å². The topological polar surface area (TPSA) is 24.9 Å². The minimum atomic E-state index is -0.449. The molecule has 1 aromatic carbocycles. The van der Waals surface area contributed by atoms with Crippen LogP contribution in [0.5, 0.6) is 0 Å². The monoisotopic (exact) mass is 282 g/mol. The van der Waals surface area contributed by atoms with Crippen molar-refractivity contribution in [2.45, 2.75) is 33.7 Å². The molecule has 0 bridgehead atoms. The maximum atomic E-state index is 13.8. The van der Waals surface area contributed by atoms with E-state index in [-0.39, 0.29) is 11.7 Å². The van der Waals surface area contributed by atoms with Crippen molar-refractivity contribution >= 4 is 17.0 Å². The quantitative estimate of drug-likeness (QED) is 0.895. The third-order valence-electron chi connectivity index (χ3n) is 2.97. The lowest BCUT2D eigenvalue weighted by Crippen LogP contribution is -2.10. The first-order valence-corrected chi connectivity index (χ1v) is 6.86. The Hall–Kier alpha value is -1.49. The van der Waals surface area contributed by atoms with Gasteiger partial charge in [0.25, 0.3) is 0 Å². The molecule has 1 aromatic heterocycles. The lowest BCUT2D eigenvalue weighted by molar-refractivity contribution is 0.592. The highest BCUT2D eigenvalue weighted by molar-refractivity contribution is 7.11. The summed E-state index contributed by atoms with van der Waals surface area (Å²) in [6, 6.07) is 2.22. The van der Waals surface area contributed by atoms with Crippen LogP contribution in [0.2, 0.25) is 0 Å². The predicted molar refractivity (Wildman–Crippen MR) is 74.7 cm³/mol. The van der Waals surface area contributed by atoms with Crippen LogP contribution in [0.1, 0.15) is 34.1 Å². The van der Waals surface area contributed by atoms with Gasteiger partial charge >= 0.3 is 0 Å². The Balaban J connectivity index is 2.26. The molecule has 102 valence electrons. The second kappa shape index (κ2) is 5.25. The van der Waals surface area contributed by atoms with Crippen molar-refractivity contribution in [2.24, 2.45) is 0 Å². The van der Waals surface area contributed by atoms with Gasteiger partial charge in [0.15, 0.2) is 0 Å². The maximum absolute atomic E-state index is 13.8. The molecule has 0 spiro atoms. The van der Waals surface area contributed by atoms with Crippen LogP contribution in [-0.2, 0) is 0 Å². The van der Waals surface area contributed by atoms with Gasteiger partial charge in [-0.05, 0) is 39.3 Å². The zero-order valence-electron chi connectivity index (χ0n) is 11.3. The largest absolute Gasteiger partial charge is 0.374 e. The van der Waals surface area contributed by atoms with E-state index in [9.17, 15) is 8.78 Å². The van der Waals surface area contributed by atoms with Crippen molar-refractivity contribution in [3.8, 4) is 0 Å². The summed E-state index contributed by atoms with van der Waals surface area (Å²) in [6.45, 7) is 7.34. The number of hydrogen-bond acceptors (Lipinski definition) is 3. The molecule has 1 heterocycles. The van der Waals surface area contributed by atoms with Gasteiger partial charge in [-0.25, -0.2) is 13.8 Å². The molecule has 2 rings (SSSR count). The van der Waals surface area contributed by atoms with Crippen molar-refractivity contribution in [1.82, 2.24) is 4.98 Å². The number of anilines is 1. The minimum absolute atomic E-state index is 0.165. The molecular weight excluding hydrogens is 266 g/mol. The second-order valence-electron chi connectivity index (χ2n) is 4.62. The number of benzene rings is 1. The highest BCUT2D eigenvalue weighted by atomic mass is 32.1. The summed E-state index contributed by atoms with van der Waals surface area (Å²) in [5.41, 5.74) is 1.35. The van der Waals surface area contributed by atoms with Gasteiger partial charge < -0.3 is 5.32 Å². The Labute approximate surface area is 115 Å². The highest BCUT2D eigenvalue weighted by Crippen LogP contribution is 2.27. The number of hydrogen-bond donors (Lipinski definition) is 1. The summed E-state index contributed by atoms with van der Waals surface area (Å²) in [5.74, 6) is -0.863. The number of halogens is 2. The standard InChI is InChI=1S/C14H16F2N2S/c1-7-5-12(16)13(6-11(7)15)17-8(2)14-9(3)19-10(4)18-14/h5-6,8,17H,1-4H3. The summed E-state index contributed by atoms with van der Waals surface area (Å²) in [4.78, 5) is 5.50. The number of thiazole rings is 1. The lowest BCUT2D eigenvalue weighted by atomic mass is 10.1. The maximum Gasteiger partial charge on any atom is 0.146 e. The SMILES string of the molecule is Cc1nc(C(C)Nc2cc(F)c(C)cc2F)c(C)s1. The Morgan fingerprint density at radius 2 is 1.84 bits per heavy atom. The fourth-order valence-electron chi connectivity index (χ4n) is 2.01. The zero-order chi connectivity index (χ0) is 14.2. The fraction of sp³-hybridized carbons (Fsp3) is 0.357. The summed E-state index contributed by atoms with van der Waals surface area (Å²) >= 11 is 1.60. The van der Waals surface area contributed by atoms with Gasteiger partial charge in [-0.2, -0.15) is 0 Å². The van der Waals surface area contributed by atoms with Crippen molar-refractivity contribution in [2.75, 3.05) is 5.32 Å². The summed E-state index contributed by atoms with van der Waals surface area (Å²) in [7, 11) is 0. The van der Waals surface area contributed by atoms with Gasteiger partial charge in [-0.1, -0.05) is 0 Å². The first-order chi connectivity index (χ1) is 8.88. The summed E-state index contributed by atoms with van der Waals surface area (Å²) in [6.07, 6.45) is 0. The summed E-state index contributed by atoms with van der Waals surface area (Å²) in [5, 5.41) is 3.95. The molecule has 2 aromatic rings. The molecule has 1 unspecified atom stereocenters. The Morgan fingerprint density at radius 1 is 1.16 bits per heavy atom. The second-order valence-corrected chi connectivity index (χ2v) is 6.03. The average molecular weight is 282 g/mol. The van der Waals surface area contributed by atoms with E-state index in [0.717, 1.165) is 15.6 Å². The molecule has 0 amide bonds. The first-order valence-electron chi connectivity index (χ1n) is 6.04. The molecule has 2 nitrogen and oxygen atoms in total. The molecular formula is C14H16F2N2S. The van der Waals surface area contributed by atoms with E-state index in [0.29, 0.717) is 5.56 Å². The van der Waals surface area contributed by atoms with Crippen molar-refractivity contribution in [3.05, 3.63) is 44.9 Å². The number of nitrogens with zero attached hydrogens (tertiary/aromatic N) is 1. The van der Waals surface area contributed by atoms with Gasteiger partial charge in [0.2, 0.25) is 0 Å². The zero-order valence-corrected chi connectivity index (χ0v) is 12.2. The molecule has 0 radical (unpaired) electrons. The van der Waals surface area contributed by atoms with E-state index in [4.69, 9.17) is 0 Å². The Morgan fingerprint density at radius 3 is 2.42 bits per heavy atom. The van der Waals surface area contributed by atoms with E-state index < -0.39 is 11.6 Å². The smallest absolute Gasteiger partial charge is 0.146 e. The summed E-state index contributed by atoms with van der Waals surface area (Å²) < 4.78 is 27.2. The Bertz CT molecular complexity index is 608. The van der Waals surface area contributed by atoms with E-state index in [1.165, 1.54) is 12.1 Å². The minimum Gasteiger partial charge on any atom is -0.374 e. The van der Waals surface area contributed by atoms with Crippen LogP contribution in [0.15, 0.2) is 12.1 Å². The number of rotatable bonds is 3. The van der Waals surface area contributed by atoms with Crippen LogP contribution in [0.3, 0.4) is 0 Å². The van der Waals surface area contributed by atoms with Crippen LogP contribution >= 0.6 is 11.3 Å². The average Bonchev–Trinajstić information content (AvgIpc) is 2.65. The molecule has 19 heavy (non-hydrogen) atoms. The van der Waals surface area contributed by atoms with Crippen molar-refractivity contribution < 1.29 is 8.78 Å². The molecule has 1 N–H and O–H groups in total. The van der Waals surface area contributed by atoms with E-state index in [2.05, 4.69) is 10.3 Å². The van der Waals surface area contributed by atoms with Crippen LogP contribution in [0.4, 0.5) is 14.5 Å². The van der Waals surface area contributed by atoms with Gasteiger partial charge in [-0.15, -0.1) is 11.3 Å². The highest BCUT2D eigenvalue weighted by Gasteiger charge is 2.15.